The molecule has 0 N–H and O–H groups in total. The summed E-state index contributed by atoms with van der Waals surface area (Å²) >= 11 is 5.75. The second-order valence-electron chi connectivity index (χ2n) is 4.50. The Balaban J connectivity index is 2.40. The van der Waals surface area contributed by atoms with Gasteiger partial charge in [-0.2, -0.15) is 13.2 Å². The molecule has 0 radical (unpaired) electrons. The number of nitrogens with zero attached hydrogens (tertiary/aromatic N) is 1. The molecule has 20 heavy (non-hydrogen) atoms. The van der Waals surface area contributed by atoms with Crippen molar-refractivity contribution in [1.29, 1.82) is 0 Å². The van der Waals surface area contributed by atoms with Gasteiger partial charge in [0.15, 0.2) is 0 Å². The SMILES string of the molecule is CCN(CC(F)(F)F)C(=O)CCCc1ccc(Cl)cc1. The van der Waals surface area contributed by atoms with Crippen molar-refractivity contribution >= 4 is 17.5 Å². The van der Waals surface area contributed by atoms with Crippen molar-refractivity contribution in [3.8, 4) is 0 Å². The van der Waals surface area contributed by atoms with E-state index in [0.717, 1.165) is 10.5 Å². The number of aryl methyl sites for hydroxylation is 1. The highest BCUT2D eigenvalue weighted by atomic mass is 35.5. The molecule has 112 valence electrons. The van der Waals surface area contributed by atoms with Gasteiger partial charge in [-0.15, -0.1) is 0 Å². The maximum Gasteiger partial charge on any atom is 0.406 e. The van der Waals surface area contributed by atoms with E-state index in [9.17, 15) is 18.0 Å². The van der Waals surface area contributed by atoms with Gasteiger partial charge in [-0.3, -0.25) is 4.79 Å². The predicted octanol–water partition coefficient (Wildman–Crippen LogP) is 4.07. The molecule has 1 rings (SSSR count). The number of carbonyl (C=O) groups is 1. The Kier molecular flexibility index (Phi) is 6.33. The summed E-state index contributed by atoms with van der Waals surface area (Å²) in [6.07, 6.45) is -3.06. The maximum atomic E-state index is 12.3. The fourth-order valence-corrected chi connectivity index (χ4v) is 1.97. The molecule has 1 amide bonds. The lowest BCUT2D eigenvalue weighted by atomic mass is 10.1. The van der Waals surface area contributed by atoms with Crippen LogP contribution in [0.25, 0.3) is 0 Å². The molecular formula is C14H17ClF3NO. The van der Waals surface area contributed by atoms with Crippen LogP contribution in [0.5, 0.6) is 0 Å². The molecule has 1 aromatic carbocycles. The standard InChI is InChI=1S/C14H17ClF3NO/c1-2-19(10-14(16,17)18)13(20)5-3-4-11-6-8-12(15)9-7-11/h6-9H,2-5,10H2,1H3. The van der Waals surface area contributed by atoms with Crippen molar-refractivity contribution in [2.45, 2.75) is 32.4 Å². The second kappa shape index (κ2) is 7.53. The molecule has 0 atom stereocenters. The normalized spacial score (nSPS) is 11.4. The quantitative estimate of drug-likeness (QED) is 0.775. The number of amides is 1. The zero-order chi connectivity index (χ0) is 15.2. The third-order valence-corrected chi connectivity index (χ3v) is 3.13. The van der Waals surface area contributed by atoms with Crippen molar-refractivity contribution in [1.82, 2.24) is 4.90 Å². The third kappa shape index (κ3) is 6.28. The van der Waals surface area contributed by atoms with Gasteiger partial charge in [-0.25, -0.2) is 0 Å². The second-order valence-corrected chi connectivity index (χ2v) is 4.94. The Morgan fingerprint density at radius 3 is 2.35 bits per heavy atom. The largest absolute Gasteiger partial charge is 0.406 e. The Bertz CT molecular complexity index is 431. The minimum Gasteiger partial charge on any atom is -0.334 e. The first-order valence-corrected chi connectivity index (χ1v) is 6.78. The maximum absolute atomic E-state index is 12.3. The van der Waals surface area contributed by atoms with E-state index in [1.165, 1.54) is 0 Å². The Morgan fingerprint density at radius 2 is 1.85 bits per heavy atom. The fraction of sp³-hybridized carbons (Fsp3) is 0.500. The first-order chi connectivity index (χ1) is 9.31. The first kappa shape index (κ1) is 16.8. The van der Waals surface area contributed by atoms with E-state index in [1.807, 2.05) is 12.1 Å². The van der Waals surface area contributed by atoms with Crippen LogP contribution in [0.1, 0.15) is 25.3 Å². The van der Waals surface area contributed by atoms with Crippen LogP contribution in [-0.4, -0.2) is 30.1 Å². The molecular weight excluding hydrogens is 291 g/mol. The van der Waals surface area contributed by atoms with Gasteiger partial charge in [0.2, 0.25) is 5.91 Å². The van der Waals surface area contributed by atoms with Gasteiger partial charge in [0.1, 0.15) is 6.54 Å². The van der Waals surface area contributed by atoms with Gasteiger partial charge in [0.05, 0.1) is 0 Å². The minimum absolute atomic E-state index is 0.0687. The molecule has 0 unspecified atom stereocenters. The zero-order valence-electron chi connectivity index (χ0n) is 11.2. The van der Waals surface area contributed by atoms with Crippen LogP contribution in [-0.2, 0) is 11.2 Å². The van der Waals surface area contributed by atoms with E-state index in [2.05, 4.69) is 0 Å². The number of hydrogen-bond acceptors (Lipinski definition) is 1. The molecule has 2 nitrogen and oxygen atoms in total. The Hall–Kier alpha value is -1.23. The summed E-state index contributed by atoms with van der Waals surface area (Å²) in [5.74, 6) is -0.459. The summed E-state index contributed by atoms with van der Waals surface area (Å²) in [4.78, 5) is 12.5. The van der Waals surface area contributed by atoms with Gasteiger partial charge < -0.3 is 4.90 Å². The van der Waals surface area contributed by atoms with E-state index in [1.54, 1.807) is 19.1 Å². The van der Waals surface area contributed by atoms with E-state index in [-0.39, 0.29) is 13.0 Å². The van der Waals surface area contributed by atoms with Crippen molar-refractivity contribution in [2.24, 2.45) is 0 Å². The number of hydrogen-bond donors (Lipinski definition) is 0. The number of rotatable bonds is 6. The molecule has 6 heteroatoms. The van der Waals surface area contributed by atoms with Gasteiger partial charge in [-0.05, 0) is 37.5 Å². The topological polar surface area (TPSA) is 20.3 Å². The lowest BCUT2D eigenvalue weighted by Gasteiger charge is -2.22. The Labute approximate surface area is 121 Å². The van der Waals surface area contributed by atoms with Crippen LogP contribution >= 0.6 is 11.6 Å². The van der Waals surface area contributed by atoms with E-state index >= 15 is 0 Å². The highest BCUT2D eigenvalue weighted by Gasteiger charge is 2.31. The summed E-state index contributed by atoms with van der Waals surface area (Å²) in [5.41, 5.74) is 1.01. The molecule has 0 spiro atoms. The highest BCUT2D eigenvalue weighted by Crippen LogP contribution is 2.17. The summed E-state index contributed by atoms with van der Waals surface area (Å²) in [5, 5.41) is 0.632. The average molecular weight is 308 g/mol. The number of benzene rings is 1. The summed E-state index contributed by atoms with van der Waals surface area (Å²) < 4.78 is 36.8. The molecule has 0 aliphatic carbocycles. The van der Waals surface area contributed by atoms with Crippen molar-refractivity contribution in [3.63, 3.8) is 0 Å². The van der Waals surface area contributed by atoms with Crippen LogP contribution in [0.2, 0.25) is 5.02 Å². The third-order valence-electron chi connectivity index (χ3n) is 2.87. The number of halogens is 4. The van der Waals surface area contributed by atoms with Gasteiger partial charge in [-0.1, -0.05) is 23.7 Å². The molecule has 0 aliphatic rings. The molecule has 0 aliphatic heterocycles. The van der Waals surface area contributed by atoms with Gasteiger partial charge >= 0.3 is 6.18 Å². The average Bonchev–Trinajstić information content (AvgIpc) is 2.37. The minimum atomic E-state index is -4.35. The van der Waals surface area contributed by atoms with Crippen LogP contribution in [0.4, 0.5) is 13.2 Å². The van der Waals surface area contributed by atoms with Gasteiger partial charge in [0, 0.05) is 18.0 Å². The van der Waals surface area contributed by atoms with E-state index in [4.69, 9.17) is 11.6 Å². The molecule has 0 aromatic heterocycles. The van der Waals surface area contributed by atoms with Crippen LogP contribution in [0.3, 0.4) is 0 Å². The van der Waals surface area contributed by atoms with E-state index < -0.39 is 18.6 Å². The lowest BCUT2D eigenvalue weighted by molar-refractivity contribution is -0.160. The summed E-state index contributed by atoms with van der Waals surface area (Å²) in [6, 6.07) is 7.20. The molecule has 0 saturated carbocycles. The van der Waals surface area contributed by atoms with Gasteiger partial charge in [0.25, 0.3) is 0 Å². The fourth-order valence-electron chi connectivity index (χ4n) is 1.85. The molecule has 0 fully saturated rings. The lowest BCUT2D eigenvalue weighted by Crippen LogP contribution is -2.38. The monoisotopic (exact) mass is 307 g/mol. The number of carbonyl (C=O) groups excluding carboxylic acids is 1. The van der Waals surface area contributed by atoms with Crippen LogP contribution < -0.4 is 0 Å². The summed E-state index contributed by atoms with van der Waals surface area (Å²) in [7, 11) is 0. The smallest absolute Gasteiger partial charge is 0.334 e. The van der Waals surface area contributed by atoms with Crippen LogP contribution in [0, 0.1) is 0 Å². The molecule has 0 bridgehead atoms. The molecule has 0 heterocycles. The van der Waals surface area contributed by atoms with E-state index in [0.29, 0.717) is 17.9 Å². The van der Waals surface area contributed by atoms with Crippen LogP contribution in [0.15, 0.2) is 24.3 Å². The first-order valence-electron chi connectivity index (χ1n) is 6.41. The number of alkyl halides is 3. The predicted molar refractivity (Wildman–Crippen MR) is 72.7 cm³/mol. The summed E-state index contributed by atoms with van der Waals surface area (Å²) in [6.45, 7) is 0.436. The molecule has 1 aromatic rings. The van der Waals surface area contributed by atoms with Crippen molar-refractivity contribution < 1.29 is 18.0 Å². The molecule has 0 saturated heterocycles. The Morgan fingerprint density at radius 1 is 1.25 bits per heavy atom. The van der Waals surface area contributed by atoms with Crippen molar-refractivity contribution in [3.05, 3.63) is 34.9 Å². The zero-order valence-corrected chi connectivity index (χ0v) is 12.0. The van der Waals surface area contributed by atoms with Crippen molar-refractivity contribution in [2.75, 3.05) is 13.1 Å². The highest BCUT2D eigenvalue weighted by molar-refractivity contribution is 6.30.